The minimum absolute atomic E-state index is 0.178. The third-order valence-corrected chi connectivity index (χ3v) is 6.61. The Morgan fingerprint density at radius 2 is 1.81 bits per heavy atom. The molecule has 0 spiro atoms. The van der Waals surface area contributed by atoms with E-state index in [0.29, 0.717) is 17.4 Å². The fraction of sp³-hybridized carbons (Fsp3) is 0.440. The van der Waals surface area contributed by atoms with Crippen LogP contribution >= 0.6 is 11.6 Å². The molecule has 0 atom stereocenters. The van der Waals surface area contributed by atoms with Crippen LogP contribution in [0.1, 0.15) is 48.0 Å². The van der Waals surface area contributed by atoms with Gasteiger partial charge in [-0.2, -0.15) is 0 Å². The van der Waals surface area contributed by atoms with Gasteiger partial charge in [0.1, 0.15) is 5.65 Å². The molecule has 2 aromatic heterocycles. The Morgan fingerprint density at radius 3 is 2.44 bits per heavy atom. The lowest BCUT2D eigenvalue weighted by Gasteiger charge is -2.32. The summed E-state index contributed by atoms with van der Waals surface area (Å²) in [6.45, 7) is 12.5. The molecule has 0 N–H and O–H groups in total. The van der Waals surface area contributed by atoms with E-state index in [1.165, 1.54) is 0 Å². The molecule has 1 aliphatic rings. The summed E-state index contributed by atoms with van der Waals surface area (Å²) in [5.74, 6) is 0.486. The van der Waals surface area contributed by atoms with E-state index in [2.05, 4.69) is 19.9 Å². The molecular weight excluding hydrogens is 423 g/mol. The standard InChI is InChI=1S/C25H30BClN2O3/c1-16(2)10-21(30)15-29-22(17-8-7-9-20(27)12-17)13-18-11-19(14-28-23(18)29)26-31-24(3,4)25(5,6)32-26/h7-9,11-14,16H,10,15H2,1-6H3. The molecule has 3 aromatic rings. The first-order valence-electron chi connectivity index (χ1n) is 11.1. The molecule has 0 bridgehead atoms. The molecule has 32 heavy (non-hydrogen) atoms. The van der Waals surface area contributed by atoms with Crippen LogP contribution in [0.15, 0.2) is 42.6 Å². The number of rotatable bonds is 6. The quantitative estimate of drug-likeness (QED) is 0.478. The van der Waals surface area contributed by atoms with Gasteiger partial charge in [0.2, 0.25) is 0 Å². The summed E-state index contributed by atoms with van der Waals surface area (Å²) in [6, 6.07) is 11.8. The molecule has 0 amide bonds. The summed E-state index contributed by atoms with van der Waals surface area (Å²) in [5, 5.41) is 1.59. The van der Waals surface area contributed by atoms with Gasteiger partial charge in [-0.05, 0) is 63.4 Å². The average molecular weight is 453 g/mol. The number of halogens is 1. The first-order valence-corrected chi connectivity index (χ1v) is 11.5. The number of carbonyl (C=O) groups excluding carboxylic acids is 1. The molecule has 0 saturated carbocycles. The maximum atomic E-state index is 12.7. The zero-order valence-corrected chi connectivity index (χ0v) is 20.4. The summed E-state index contributed by atoms with van der Waals surface area (Å²) in [4.78, 5) is 17.5. The Hall–Kier alpha value is -2.15. The van der Waals surface area contributed by atoms with Gasteiger partial charge >= 0.3 is 7.12 Å². The van der Waals surface area contributed by atoms with E-state index in [9.17, 15) is 4.79 Å². The predicted molar refractivity (Wildman–Crippen MR) is 130 cm³/mol. The SMILES string of the molecule is CC(C)CC(=O)Cn1c(-c2cccc(Cl)c2)cc2cc(B3OC(C)(C)C(C)(C)O3)cnc21. The van der Waals surface area contributed by atoms with Gasteiger partial charge in [-0.25, -0.2) is 4.98 Å². The van der Waals surface area contributed by atoms with E-state index in [4.69, 9.17) is 25.9 Å². The number of aromatic nitrogens is 2. The molecule has 1 aliphatic heterocycles. The Balaban J connectivity index is 1.78. The number of ketones is 1. The van der Waals surface area contributed by atoms with Gasteiger partial charge in [0.15, 0.2) is 5.78 Å². The maximum Gasteiger partial charge on any atom is 0.496 e. The molecule has 168 valence electrons. The summed E-state index contributed by atoms with van der Waals surface area (Å²) >= 11 is 6.26. The molecule has 0 aliphatic carbocycles. The summed E-state index contributed by atoms with van der Waals surface area (Å²) < 4.78 is 14.4. The molecule has 3 heterocycles. The fourth-order valence-electron chi connectivity index (χ4n) is 4.01. The molecule has 4 rings (SSSR count). The van der Waals surface area contributed by atoms with Crippen molar-refractivity contribution in [2.24, 2.45) is 5.92 Å². The van der Waals surface area contributed by atoms with E-state index in [0.717, 1.165) is 27.8 Å². The number of carbonyl (C=O) groups is 1. The lowest BCUT2D eigenvalue weighted by atomic mass is 9.80. The summed E-state index contributed by atoms with van der Waals surface area (Å²) in [5.41, 5.74) is 2.64. The monoisotopic (exact) mass is 452 g/mol. The highest BCUT2D eigenvalue weighted by atomic mass is 35.5. The molecular formula is C25H30BClN2O3. The van der Waals surface area contributed by atoms with Gasteiger partial charge in [-0.1, -0.05) is 37.6 Å². The van der Waals surface area contributed by atoms with Crippen LogP contribution < -0.4 is 5.46 Å². The van der Waals surface area contributed by atoms with Crippen LogP contribution in [-0.4, -0.2) is 33.7 Å². The van der Waals surface area contributed by atoms with Crippen molar-refractivity contribution in [3.05, 3.63) is 47.6 Å². The van der Waals surface area contributed by atoms with Crippen molar-refractivity contribution in [1.29, 1.82) is 0 Å². The van der Waals surface area contributed by atoms with Crippen LogP contribution in [0.5, 0.6) is 0 Å². The number of hydrogen-bond donors (Lipinski definition) is 0. The van der Waals surface area contributed by atoms with Crippen LogP contribution in [0.4, 0.5) is 0 Å². The number of benzene rings is 1. The zero-order chi connectivity index (χ0) is 23.3. The Labute approximate surface area is 195 Å². The van der Waals surface area contributed by atoms with Gasteiger partial charge < -0.3 is 13.9 Å². The van der Waals surface area contributed by atoms with E-state index in [1.54, 1.807) is 6.20 Å². The minimum Gasteiger partial charge on any atom is -0.399 e. The number of pyridine rings is 1. The van der Waals surface area contributed by atoms with Gasteiger partial charge in [-0.15, -0.1) is 0 Å². The van der Waals surface area contributed by atoms with Crippen molar-refractivity contribution in [2.75, 3.05) is 0 Å². The van der Waals surface area contributed by atoms with Gasteiger partial charge in [0.05, 0.1) is 23.4 Å². The first kappa shape index (κ1) is 23.0. The molecule has 1 aromatic carbocycles. The lowest BCUT2D eigenvalue weighted by Crippen LogP contribution is -2.41. The topological polar surface area (TPSA) is 53.4 Å². The smallest absolute Gasteiger partial charge is 0.399 e. The average Bonchev–Trinajstić information content (AvgIpc) is 3.14. The van der Waals surface area contributed by atoms with E-state index < -0.39 is 18.3 Å². The van der Waals surface area contributed by atoms with Crippen LogP contribution in [0.2, 0.25) is 5.02 Å². The second kappa shape index (κ2) is 8.33. The summed E-state index contributed by atoms with van der Waals surface area (Å²) in [7, 11) is -0.488. The van der Waals surface area contributed by atoms with Crippen molar-refractivity contribution >= 4 is 41.0 Å². The molecule has 5 nitrogen and oxygen atoms in total. The minimum atomic E-state index is -0.488. The molecule has 7 heteroatoms. The maximum absolute atomic E-state index is 12.7. The molecule has 1 saturated heterocycles. The normalized spacial score (nSPS) is 17.4. The van der Waals surface area contributed by atoms with Crippen molar-refractivity contribution in [3.8, 4) is 11.3 Å². The Kier molecular flexibility index (Phi) is 5.99. The van der Waals surface area contributed by atoms with Crippen molar-refractivity contribution in [3.63, 3.8) is 0 Å². The van der Waals surface area contributed by atoms with E-state index >= 15 is 0 Å². The number of Topliss-reactive ketones (excluding diaryl/α,β-unsaturated/α-hetero) is 1. The highest BCUT2D eigenvalue weighted by molar-refractivity contribution is 6.62. The Bertz CT molecular complexity index is 1150. The number of nitrogens with zero attached hydrogens (tertiary/aromatic N) is 2. The van der Waals surface area contributed by atoms with E-state index in [1.807, 2.05) is 62.6 Å². The third-order valence-electron chi connectivity index (χ3n) is 6.37. The van der Waals surface area contributed by atoms with Crippen molar-refractivity contribution in [1.82, 2.24) is 9.55 Å². The fourth-order valence-corrected chi connectivity index (χ4v) is 4.20. The first-order chi connectivity index (χ1) is 15.0. The van der Waals surface area contributed by atoms with Crippen molar-refractivity contribution < 1.29 is 14.1 Å². The highest BCUT2D eigenvalue weighted by Crippen LogP contribution is 2.37. The number of hydrogen-bond acceptors (Lipinski definition) is 4. The molecule has 0 unspecified atom stereocenters. The Morgan fingerprint density at radius 1 is 1.12 bits per heavy atom. The zero-order valence-electron chi connectivity index (χ0n) is 19.6. The third kappa shape index (κ3) is 4.36. The molecule has 1 fully saturated rings. The van der Waals surface area contributed by atoms with Gasteiger partial charge in [0, 0.05) is 28.5 Å². The van der Waals surface area contributed by atoms with Gasteiger partial charge in [0.25, 0.3) is 0 Å². The predicted octanol–water partition coefficient (Wildman–Crippen LogP) is 5.27. The van der Waals surface area contributed by atoms with Crippen LogP contribution in [0.25, 0.3) is 22.3 Å². The summed E-state index contributed by atoms with van der Waals surface area (Å²) in [6.07, 6.45) is 2.32. The van der Waals surface area contributed by atoms with Crippen LogP contribution in [0, 0.1) is 5.92 Å². The van der Waals surface area contributed by atoms with Crippen LogP contribution in [-0.2, 0) is 20.6 Å². The highest BCUT2D eigenvalue weighted by Gasteiger charge is 2.51. The lowest BCUT2D eigenvalue weighted by molar-refractivity contribution is -0.120. The number of fused-ring (bicyclic) bond motifs is 1. The van der Waals surface area contributed by atoms with Crippen LogP contribution in [0.3, 0.4) is 0 Å². The largest absolute Gasteiger partial charge is 0.496 e. The van der Waals surface area contributed by atoms with Crippen molar-refractivity contribution in [2.45, 2.75) is 65.7 Å². The molecule has 0 radical (unpaired) electrons. The van der Waals surface area contributed by atoms with E-state index in [-0.39, 0.29) is 12.3 Å². The second-order valence-electron chi connectivity index (χ2n) is 10.0. The second-order valence-corrected chi connectivity index (χ2v) is 10.5. The van der Waals surface area contributed by atoms with Gasteiger partial charge in [-0.3, -0.25) is 4.79 Å².